The summed E-state index contributed by atoms with van der Waals surface area (Å²) in [5, 5.41) is 0. The topological polar surface area (TPSA) is 124 Å². The minimum absolute atomic E-state index is 0.0424. The summed E-state index contributed by atoms with van der Waals surface area (Å²) in [5.41, 5.74) is 6.78. The van der Waals surface area contributed by atoms with Gasteiger partial charge in [0.2, 0.25) is 0 Å². The number of furan rings is 1. The number of ether oxygens (including phenoxy) is 1. The number of hydrogen-bond acceptors (Lipinski definition) is 6. The summed E-state index contributed by atoms with van der Waals surface area (Å²) < 4.78 is 12.6. The molecule has 182 valence electrons. The van der Waals surface area contributed by atoms with E-state index in [1.807, 2.05) is 45.9 Å². The maximum atomic E-state index is 13.4. The third-order valence-corrected chi connectivity index (χ3v) is 5.56. The number of aryl methyl sites for hydroxylation is 1. The Morgan fingerprint density at radius 3 is 2.68 bits per heavy atom. The molecule has 0 radical (unpaired) electrons. The third-order valence-electron chi connectivity index (χ3n) is 5.56. The molecule has 0 unspecified atom stereocenters. The predicted octanol–water partition coefficient (Wildman–Crippen LogP) is 3.56. The highest BCUT2D eigenvalue weighted by atomic mass is 16.5. The molecule has 3 rings (SSSR count). The van der Waals surface area contributed by atoms with Gasteiger partial charge in [-0.3, -0.25) is 24.0 Å². The maximum absolute atomic E-state index is 13.4. The smallest absolute Gasteiger partial charge is 0.330 e. The van der Waals surface area contributed by atoms with E-state index in [2.05, 4.69) is 4.98 Å². The average molecular weight is 469 g/mol. The van der Waals surface area contributed by atoms with Crippen molar-refractivity contribution in [1.29, 1.82) is 0 Å². The largest absolute Gasteiger partial charge is 0.483 e. The van der Waals surface area contributed by atoms with Crippen LogP contribution in [0.2, 0.25) is 0 Å². The molecule has 0 fully saturated rings. The number of nitrogen functional groups attached to an aromatic ring is 1. The van der Waals surface area contributed by atoms with Crippen molar-refractivity contribution in [2.75, 3.05) is 17.2 Å². The zero-order valence-electron chi connectivity index (χ0n) is 20.1. The van der Waals surface area contributed by atoms with Gasteiger partial charge in [0.25, 0.3) is 11.5 Å². The first-order chi connectivity index (χ1) is 16.2. The number of aromatic amines is 1. The lowest BCUT2D eigenvalue weighted by molar-refractivity contribution is -0.120. The van der Waals surface area contributed by atoms with Crippen molar-refractivity contribution in [3.63, 3.8) is 0 Å². The number of nitrogens with one attached hydrogen (secondary N) is 1. The highest BCUT2D eigenvalue weighted by molar-refractivity contribution is 5.96. The van der Waals surface area contributed by atoms with Crippen LogP contribution in [-0.4, -0.2) is 22.1 Å². The van der Waals surface area contributed by atoms with Crippen LogP contribution in [0.15, 0.2) is 50.6 Å². The molecule has 0 atom stereocenters. The molecule has 0 aliphatic heterocycles. The lowest BCUT2D eigenvalue weighted by Gasteiger charge is -2.24. The molecule has 34 heavy (non-hydrogen) atoms. The summed E-state index contributed by atoms with van der Waals surface area (Å²) in [6, 6.07) is 9.23. The molecule has 3 aromatic rings. The Hall–Kier alpha value is -3.75. The monoisotopic (exact) mass is 468 g/mol. The Morgan fingerprint density at radius 1 is 1.26 bits per heavy atom. The van der Waals surface area contributed by atoms with Gasteiger partial charge < -0.3 is 14.9 Å². The number of rotatable bonds is 10. The molecule has 0 saturated heterocycles. The SMILES string of the molecule is CCCCn1c(N)c(N(Cc2ccco2)C(=O)COc2cc(C)ccc2C(C)C)c(=O)[nH]c1=O. The lowest BCUT2D eigenvalue weighted by Crippen LogP contribution is -2.42. The van der Waals surface area contributed by atoms with Crippen molar-refractivity contribution in [3.8, 4) is 5.75 Å². The van der Waals surface area contributed by atoms with Crippen LogP contribution in [0.3, 0.4) is 0 Å². The fourth-order valence-electron chi connectivity index (χ4n) is 3.69. The average Bonchev–Trinajstić information content (AvgIpc) is 3.29. The molecule has 0 bridgehead atoms. The first kappa shape index (κ1) is 24.9. The van der Waals surface area contributed by atoms with Gasteiger partial charge in [-0.25, -0.2) is 4.79 Å². The molecule has 3 N–H and O–H groups in total. The molecule has 9 heteroatoms. The predicted molar refractivity (Wildman–Crippen MR) is 131 cm³/mol. The standard InChI is InChI=1S/C25H32N4O5/c1-5-6-11-28-23(26)22(24(31)27-25(28)32)29(14-18-8-7-12-33-18)21(30)15-34-20-13-17(4)9-10-19(20)16(2)3/h7-10,12-13,16H,5-6,11,14-15,26H2,1-4H3,(H,27,31,32). The summed E-state index contributed by atoms with van der Waals surface area (Å²) in [7, 11) is 0. The van der Waals surface area contributed by atoms with E-state index < -0.39 is 17.2 Å². The van der Waals surface area contributed by atoms with Crippen LogP contribution in [0.1, 0.15) is 56.4 Å². The summed E-state index contributed by atoms with van der Waals surface area (Å²) in [6.45, 7) is 7.97. The second-order valence-electron chi connectivity index (χ2n) is 8.54. The number of carbonyl (C=O) groups excluding carboxylic acids is 1. The molecule has 0 aliphatic rings. The normalized spacial score (nSPS) is 11.1. The Labute approximate surface area is 198 Å². The van der Waals surface area contributed by atoms with Crippen molar-refractivity contribution in [2.24, 2.45) is 0 Å². The van der Waals surface area contributed by atoms with Gasteiger partial charge in [0.1, 0.15) is 17.3 Å². The fourth-order valence-corrected chi connectivity index (χ4v) is 3.69. The summed E-state index contributed by atoms with van der Waals surface area (Å²) in [6.07, 6.45) is 3.00. The van der Waals surface area contributed by atoms with Crippen molar-refractivity contribution in [1.82, 2.24) is 9.55 Å². The molecule has 0 saturated carbocycles. The zero-order chi connectivity index (χ0) is 24.8. The number of hydrogen-bond donors (Lipinski definition) is 2. The van der Waals surface area contributed by atoms with E-state index in [9.17, 15) is 14.4 Å². The quantitative estimate of drug-likeness (QED) is 0.469. The molecule has 1 aromatic carbocycles. The van der Waals surface area contributed by atoms with Gasteiger partial charge >= 0.3 is 5.69 Å². The van der Waals surface area contributed by atoms with Gasteiger partial charge in [0, 0.05) is 6.54 Å². The molecular formula is C25H32N4O5. The van der Waals surface area contributed by atoms with Crippen LogP contribution in [0, 0.1) is 6.92 Å². The van der Waals surface area contributed by atoms with Crippen LogP contribution >= 0.6 is 0 Å². The van der Waals surface area contributed by atoms with Crippen molar-refractivity contribution in [3.05, 3.63) is 74.3 Å². The minimum atomic E-state index is -0.742. The number of nitrogens with two attached hydrogens (primary N) is 1. The summed E-state index contributed by atoms with van der Waals surface area (Å²) >= 11 is 0. The molecule has 2 heterocycles. The Morgan fingerprint density at radius 2 is 2.03 bits per heavy atom. The highest BCUT2D eigenvalue weighted by Gasteiger charge is 2.26. The third kappa shape index (κ3) is 5.59. The van der Waals surface area contributed by atoms with Crippen LogP contribution in [0.25, 0.3) is 0 Å². The van der Waals surface area contributed by atoms with Crippen molar-refractivity contribution in [2.45, 2.75) is 59.5 Å². The van der Waals surface area contributed by atoms with Crippen LogP contribution in [-0.2, 0) is 17.9 Å². The van der Waals surface area contributed by atoms with Crippen molar-refractivity contribution < 1.29 is 13.9 Å². The van der Waals surface area contributed by atoms with E-state index in [-0.39, 0.29) is 30.6 Å². The van der Waals surface area contributed by atoms with Crippen LogP contribution in [0.4, 0.5) is 11.5 Å². The van der Waals surface area contributed by atoms with Crippen LogP contribution in [0.5, 0.6) is 5.75 Å². The second-order valence-corrected chi connectivity index (χ2v) is 8.54. The maximum Gasteiger partial charge on any atom is 0.330 e. The zero-order valence-corrected chi connectivity index (χ0v) is 20.1. The molecule has 2 aromatic heterocycles. The highest BCUT2D eigenvalue weighted by Crippen LogP contribution is 2.28. The minimum Gasteiger partial charge on any atom is -0.483 e. The number of carbonyl (C=O) groups is 1. The number of benzene rings is 1. The van der Waals surface area contributed by atoms with E-state index in [1.165, 1.54) is 15.7 Å². The molecule has 0 spiro atoms. The van der Waals surface area contributed by atoms with Gasteiger partial charge in [0.15, 0.2) is 12.3 Å². The van der Waals surface area contributed by atoms with Gasteiger partial charge in [-0.05, 0) is 48.6 Å². The van der Waals surface area contributed by atoms with E-state index in [0.29, 0.717) is 24.5 Å². The summed E-state index contributed by atoms with van der Waals surface area (Å²) in [4.78, 5) is 42.0. The number of nitrogens with zero attached hydrogens (tertiary/aromatic N) is 2. The molecular weight excluding hydrogens is 436 g/mol. The summed E-state index contributed by atoms with van der Waals surface area (Å²) in [5.74, 6) is 0.699. The first-order valence-corrected chi connectivity index (χ1v) is 11.4. The van der Waals surface area contributed by atoms with E-state index in [4.69, 9.17) is 14.9 Å². The van der Waals surface area contributed by atoms with Crippen molar-refractivity contribution >= 4 is 17.4 Å². The number of unbranched alkanes of at least 4 members (excludes halogenated alkanes) is 1. The Bertz CT molecular complexity index is 1240. The lowest BCUT2D eigenvalue weighted by atomic mass is 10.0. The number of aromatic nitrogens is 2. The number of anilines is 2. The number of H-pyrrole nitrogens is 1. The van der Waals surface area contributed by atoms with Gasteiger partial charge in [-0.1, -0.05) is 39.3 Å². The van der Waals surface area contributed by atoms with Gasteiger partial charge in [-0.15, -0.1) is 0 Å². The fraction of sp³-hybridized carbons (Fsp3) is 0.400. The van der Waals surface area contributed by atoms with E-state index in [0.717, 1.165) is 17.5 Å². The van der Waals surface area contributed by atoms with Crippen LogP contribution < -0.4 is 26.6 Å². The van der Waals surface area contributed by atoms with E-state index in [1.54, 1.807) is 12.1 Å². The van der Waals surface area contributed by atoms with E-state index >= 15 is 0 Å². The Kier molecular flexibility index (Phi) is 7.99. The number of amides is 1. The second kappa shape index (κ2) is 10.9. The van der Waals surface area contributed by atoms with Gasteiger partial charge in [-0.2, -0.15) is 0 Å². The Balaban J connectivity index is 1.98. The van der Waals surface area contributed by atoms with Gasteiger partial charge in [0.05, 0.1) is 12.8 Å². The molecule has 9 nitrogen and oxygen atoms in total. The first-order valence-electron chi connectivity index (χ1n) is 11.4. The molecule has 0 aliphatic carbocycles. The molecule has 1 amide bonds.